The molecule has 2 aliphatic heterocycles. The van der Waals surface area contributed by atoms with Crippen LogP contribution in [-0.4, -0.2) is 229 Å². The van der Waals surface area contributed by atoms with E-state index in [-0.39, 0.29) is 139 Å². The minimum Gasteiger partial charge on any atom is -0.481 e. The normalized spacial score (nSPS) is 19.8. The summed E-state index contributed by atoms with van der Waals surface area (Å²) in [6.45, 7) is -1.62. The summed E-state index contributed by atoms with van der Waals surface area (Å²) in [4.78, 5) is 208. The maximum atomic E-state index is 14.5. The lowest BCUT2D eigenvalue weighted by atomic mass is 10.0. The Morgan fingerprint density at radius 2 is 0.913 bits per heavy atom. The first-order chi connectivity index (χ1) is 54.8. The number of hydrazone groups is 1. The van der Waals surface area contributed by atoms with Crippen molar-refractivity contribution in [2.75, 3.05) is 44.7 Å². The molecule has 0 radical (unpaired) electrons. The van der Waals surface area contributed by atoms with Gasteiger partial charge in [0.05, 0.1) is 37.7 Å². The molecule has 3 aromatic carbocycles. The van der Waals surface area contributed by atoms with Gasteiger partial charge in [0.2, 0.25) is 70.9 Å². The molecule has 2 fully saturated rings. The smallest absolute Gasteiger partial charge is 0.305 e. The van der Waals surface area contributed by atoms with Gasteiger partial charge in [-0.2, -0.15) is 13.5 Å². The van der Waals surface area contributed by atoms with Gasteiger partial charge in [0.25, 0.3) is 16.0 Å². The summed E-state index contributed by atoms with van der Waals surface area (Å²) in [5.74, 6) is -15.5. The number of guanidine groups is 2. The Bertz CT molecular complexity index is 4280. The Balaban J connectivity index is 1.19. The standard InChI is InChI=1S/C72H96N22O20S/c73-71(74)79-31-13-22-45-65(106)88-47(67(108)90-50(33-41-15-3-1-4-16-41)69(110)92-52(35-59(98)99)63(104)82-39-57(96)85-45)20-9-11-29-77-56(95)28-26-49(87-61(102)44-25-27-55(81-37-44)94-84-38-43-19-7-8-24-54(43)115(112,113)114)62(103)78-30-12-10-21-48-68(109)91-51(34-42-17-5-2-6-18-42)70(111)93-53(36-60(100)101)64(105)83-40-58(97)86-46(66(107)89-48)23-14-32-80-72(75)76/h1-8,15-19,24-25,27,37-38,45-53H,9-14,20-23,26,28-36,39-40H2,(H,77,95)(H,78,103)(H,81,94)(H,82,104)(H,83,105)(H,85,96)(H,86,97)(H,87,102)(H,88,106)(H,89,107)(H,90,108)(H,91,109)(H,92,110)(H,93,111)(H,98,99)(H,100,101)(H4,73,74,79)(H4,75,76,80)(H,112,113,114)/b84-38+/t45-,46-,47+,48+,49?,50+,51+,52+,53+/m0/s1. The number of nitrogens with two attached hydrogens (primary N) is 2. The molecule has 0 bridgehead atoms. The molecule has 43 heteroatoms. The number of benzene rings is 3. The highest BCUT2D eigenvalue weighted by atomic mass is 32.2. The Labute approximate surface area is 659 Å². The zero-order valence-electron chi connectivity index (χ0n) is 62.4. The number of nitrogens with one attached hydrogen (secondary N) is 18. The van der Waals surface area contributed by atoms with Crippen LogP contribution < -0.4 is 96.6 Å². The van der Waals surface area contributed by atoms with E-state index in [1.807, 2.05) is 0 Å². The topological polar surface area (TPSA) is 668 Å². The van der Waals surface area contributed by atoms with Crippen molar-refractivity contribution in [2.24, 2.45) is 16.6 Å². The fourth-order valence-electron chi connectivity index (χ4n) is 11.7. The van der Waals surface area contributed by atoms with Gasteiger partial charge in [-0.25, -0.2) is 4.98 Å². The first kappa shape index (κ1) is 90.7. The van der Waals surface area contributed by atoms with Gasteiger partial charge in [-0.05, 0) is 100.0 Å². The van der Waals surface area contributed by atoms with Crippen molar-refractivity contribution in [3.63, 3.8) is 0 Å². The number of amides is 13. The first-order valence-corrected chi connectivity index (χ1v) is 38.1. The third-order valence-electron chi connectivity index (χ3n) is 17.6. The van der Waals surface area contributed by atoms with Crippen molar-refractivity contribution in [2.45, 2.75) is 162 Å². The molecule has 9 atom stereocenters. The van der Waals surface area contributed by atoms with Gasteiger partial charge < -0.3 is 101 Å². The van der Waals surface area contributed by atoms with Gasteiger partial charge in [0.15, 0.2) is 11.9 Å². The molecule has 1 unspecified atom stereocenters. The van der Waals surface area contributed by atoms with Gasteiger partial charge in [0.1, 0.15) is 65.1 Å². The van der Waals surface area contributed by atoms with E-state index in [1.54, 1.807) is 60.7 Å². The molecule has 620 valence electrons. The number of carbonyl (C=O) groups is 15. The third-order valence-corrected chi connectivity index (χ3v) is 18.5. The lowest BCUT2D eigenvalue weighted by Gasteiger charge is -2.26. The molecule has 2 saturated heterocycles. The van der Waals surface area contributed by atoms with Gasteiger partial charge >= 0.3 is 11.9 Å². The second-order valence-corrected chi connectivity index (χ2v) is 28.0. The number of rotatable bonds is 36. The van der Waals surface area contributed by atoms with E-state index in [4.69, 9.17) is 22.3 Å². The molecule has 6 rings (SSSR count). The van der Waals surface area contributed by atoms with E-state index < -0.39 is 190 Å². The molecule has 2 aliphatic rings. The maximum absolute atomic E-state index is 14.5. The molecule has 115 heavy (non-hydrogen) atoms. The van der Waals surface area contributed by atoms with Crippen molar-refractivity contribution in [1.29, 1.82) is 10.8 Å². The van der Waals surface area contributed by atoms with E-state index in [0.29, 0.717) is 11.1 Å². The molecule has 42 nitrogen and oxygen atoms in total. The van der Waals surface area contributed by atoms with Gasteiger partial charge in [0, 0.05) is 57.2 Å². The van der Waals surface area contributed by atoms with Crippen LogP contribution in [0.4, 0.5) is 5.82 Å². The fourth-order valence-corrected chi connectivity index (χ4v) is 12.4. The maximum Gasteiger partial charge on any atom is 0.305 e. The van der Waals surface area contributed by atoms with Crippen LogP contribution in [0.2, 0.25) is 0 Å². The second kappa shape index (κ2) is 46.6. The predicted octanol–water partition coefficient (Wildman–Crippen LogP) is -4.67. The number of hydrogen-bond donors (Lipinski definition) is 23. The van der Waals surface area contributed by atoms with E-state index in [1.165, 1.54) is 30.3 Å². The lowest BCUT2D eigenvalue weighted by molar-refractivity contribution is -0.141. The van der Waals surface area contributed by atoms with Gasteiger partial charge in [-0.1, -0.05) is 78.9 Å². The summed E-state index contributed by atoms with van der Waals surface area (Å²) in [6.07, 6.45) is -0.711. The number of hydrogen-bond acceptors (Lipinski definition) is 22. The first-order valence-electron chi connectivity index (χ1n) is 36.6. The highest BCUT2D eigenvalue weighted by Gasteiger charge is 2.36. The molecular formula is C72H96N22O20S. The lowest BCUT2D eigenvalue weighted by Crippen LogP contribution is -2.58. The number of anilines is 1. The Morgan fingerprint density at radius 1 is 0.504 bits per heavy atom. The predicted molar refractivity (Wildman–Crippen MR) is 410 cm³/mol. The average molecular weight is 1620 g/mol. The molecule has 4 aromatic rings. The van der Waals surface area contributed by atoms with Crippen LogP contribution >= 0.6 is 0 Å². The molecule has 0 aliphatic carbocycles. The van der Waals surface area contributed by atoms with Crippen LogP contribution in [0.25, 0.3) is 0 Å². The van der Waals surface area contributed by atoms with Crippen LogP contribution in [0.3, 0.4) is 0 Å². The minimum atomic E-state index is -4.62. The summed E-state index contributed by atoms with van der Waals surface area (Å²) in [7, 11) is -4.62. The molecule has 3 heterocycles. The number of carboxylic acid groups (broad SMARTS) is 2. The van der Waals surface area contributed by atoms with Gasteiger partial charge in [-0.3, -0.25) is 92.7 Å². The summed E-state index contributed by atoms with van der Waals surface area (Å²) < 4.78 is 33.5. The van der Waals surface area contributed by atoms with Crippen LogP contribution in [0.5, 0.6) is 0 Å². The van der Waals surface area contributed by atoms with Crippen LogP contribution in [0.15, 0.2) is 113 Å². The number of nitrogens with zero attached hydrogens (tertiary/aromatic N) is 2. The summed E-state index contributed by atoms with van der Waals surface area (Å²) >= 11 is 0. The van der Waals surface area contributed by atoms with Crippen molar-refractivity contribution >= 4 is 123 Å². The summed E-state index contributed by atoms with van der Waals surface area (Å²) in [6, 6.07) is 11.1. The molecular weight excluding hydrogens is 1520 g/mol. The highest BCUT2D eigenvalue weighted by molar-refractivity contribution is 7.86. The quantitative estimate of drug-likeness (QED) is 0.00669. The van der Waals surface area contributed by atoms with Crippen molar-refractivity contribution in [1.82, 2.24) is 84.7 Å². The van der Waals surface area contributed by atoms with E-state index in [2.05, 4.69) is 95.3 Å². The van der Waals surface area contributed by atoms with Crippen LogP contribution in [0, 0.1) is 10.8 Å². The van der Waals surface area contributed by atoms with Crippen molar-refractivity contribution < 1.29 is 95.1 Å². The van der Waals surface area contributed by atoms with Crippen molar-refractivity contribution in [3.05, 3.63) is 126 Å². The highest BCUT2D eigenvalue weighted by Crippen LogP contribution is 2.16. The third kappa shape index (κ3) is 32.9. The second-order valence-electron chi connectivity index (χ2n) is 26.6. The SMILES string of the molecule is N=C(N)NCCC[C@@H]1NC(=O)CNC(=O)[C@@H](CC(=O)O)NC(=O)[C@@H](Cc2ccccc2)NC(=O)[C@@H](CCCCNC(=O)CCC(NC(=O)c2ccc(N/N=C/c3ccccc3S(=O)(=O)O)nc2)C(=O)NCCCC[C@H]2NC(=O)[C@H](CCCNC(=N)N)NC(=O)CNC(=O)[C@@H](CC(=O)O)NC(=O)[C@@H](Cc3ccccc3)NC2=O)NC1=O. The van der Waals surface area contributed by atoms with E-state index >= 15 is 0 Å². The summed E-state index contributed by atoms with van der Waals surface area (Å²) in [5, 5.41) is 76.4. The number of aliphatic carboxylic acids is 2. The monoisotopic (exact) mass is 1620 g/mol. The van der Waals surface area contributed by atoms with Crippen molar-refractivity contribution in [3.8, 4) is 0 Å². The fraction of sp³-hybridized carbons (Fsp3) is 0.431. The molecule has 25 N–H and O–H groups in total. The number of pyridine rings is 1. The molecule has 1 aromatic heterocycles. The number of aromatic nitrogens is 1. The Hall–Kier alpha value is -13.2. The van der Waals surface area contributed by atoms with Gasteiger partial charge in [-0.15, -0.1) is 0 Å². The zero-order valence-corrected chi connectivity index (χ0v) is 63.2. The number of unbranched alkanes of at least 4 members (excludes halogenated alkanes) is 2. The minimum absolute atomic E-state index is 0.0239. The molecule has 13 amide bonds. The van der Waals surface area contributed by atoms with E-state index in [0.717, 1.165) is 18.5 Å². The van der Waals surface area contributed by atoms with Crippen LogP contribution in [-0.2, 0) is 90.1 Å². The number of carboxylic acids is 2. The zero-order chi connectivity index (χ0) is 84.0. The largest absolute Gasteiger partial charge is 0.481 e. The summed E-state index contributed by atoms with van der Waals surface area (Å²) in [5.41, 5.74) is 14.4. The Kier molecular flexibility index (Phi) is 36.7. The molecule has 0 spiro atoms. The molecule has 0 saturated carbocycles. The van der Waals surface area contributed by atoms with Crippen LogP contribution in [0.1, 0.15) is 117 Å². The van der Waals surface area contributed by atoms with E-state index in [9.17, 15) is 95.1 Å². The Morgan fingerprint density at radius 3 is 1.36 bits per heavy atom. The number of carbonyl (C=O) groups excluding carboxylic acids is 13. The average Bonchev–Trinajstić information content (AvgIpc) is 1.58.